The molecule has 1 heterocycles. The maximum atomic E-state index is 11.2. The van der Waals surface area contributed by atoms with Crippen molar-refractivity contribution in [3.8, 4) is 0 Å². The lowest BCUT2D eigenvalue weighted by atomic mass is 10.1. The third-order valence-corrected chi connectivity index (χ3v) is 3.07. The summed E-state index contributed by atoms with van der Waals surface area (Å²) in [6.45, 7) is 4.68. The first-order chi connectivity index (χ1) is 9.97. The summed E-state index contributed by atoms with van der Waals surface area (Å²) in [5.74, 6) is -0.739. The number of halogens is 1. The molecule has 0 amide bonds. The summed E-state index contributed by atoms with van der Waals surface area (Å²) >= 11 is 5.83. The molecule has 0 aliphatic carbocycles. The number of carbonyl (C=O) groups is 1. The van der Waals surface area contributed by atoms with Gasteiger partial charge >= 0.3 is 5.97 Å². The number of aromatic carboxylic acids is 1. The molecule has 0 saturated carbocycles. The summed E-state index contributed by atoms with van der Waals surface area (Å²) in [4.78, 5) is 11.2. The second kappa shape index (κ2) is 6.54. The topological polar surface area (TPSA) is 68.0 Å². The zero-order valence-electron chi connectivity index (χ0n) is 11.8. The Morgan fingerprint density at radius 1 is 1.33 bits per heavy atom. The molecular weight excluding hydrogens is 290 g/mol. The highest BCUT2D eigenvalue weighted by molar-refractivity contribution is 6.30. The Morgan fingerprint density at radius 2 is 2.00 bits per heavy atom. The van der Waals surface area contributed by atoms with Gasteiger partial charge in [0.1, 0.15) is 0 Å². The van der Waals surface area contributed by atoms with Crippen LogP contribution in [0.15, 0.2) is 24.3 Å². The smallest absolute Gasteiger partial charge is 0.358 e. The van der Waals surface area contributed by atoms with Gasteiger partial charge in [-0.1, -0.05) is 48.9 Å². The minimum atomic E-state index is -1.08. The van der Waals surface area contributed by atoms with E-state index >= 15 is 0 Å². The van der Waals surface area contributed by atoms with E-state index in [2.05, 4.69) is 10.3 Å². The highest BCUT2D eigenvalue weighted by Crippen LogP contribution is 2.15. The second-order valence-electron chi connectivity index (χ2n) is 5.09. The van der Waals surface area contributed by atoms with Crippen molar-refractivity contribution < 1.29 is 9.90 Å². The van der Waals surface area contributed by atoms with Gasteiger partial charge in [-0.15, -0.1) is 5.10 Å². The standard InChI is InChI=1S/C15H16ClN3O2/c1-10(2)9-19-13(14(15(20)21)17-18-19)8-5-11-3-6-12(16)7-4-11/h3-8,10H,9H2,1-2H3,(H,20,21)/b8-5+. The lowest BCUT2D eigenvalue weighted by Gasteiger charge is -2.06. The van der Waals surface area contributed by atoms with E-state index in [1.165, 1.54) is 0 Å². The van der Waals surface area contributed by atoms with E-state index in [0.29, 0.717) is 23.2 Å². The van der Waals surface area contributed by atoms with E-state index < -0.39 is 5.97 Å². The lowest BCUT2D eigenvalue weighted by molar-refractivity contribution is 0.0690. The maximum absolute atomic E-state index is 11.2. The van der Waals surface area contributed by atoms with Crippen molar-refractivity contribution in [3.05, 3.63) is 46.2 Å². The highest BCUT2D eigenvalue weighted by atomic mass is 35.5. The average molecular weight is 306 g/mol. The Kier molecular flexibility index (Phi) is 4.75. The fourth-order valence-electron chi connectivity index (χ4n) is 1.87. The molecule has 2 rings (SSSR count). The Hall–Kier alpha value is -2.14. The van der Waals surface area contributed by atoms with Crippen LogP contribution >= 0.6 is 11.6 Å². The third-order valence-electron chi connectivity index (χ3n) is 2.82. The number of aromatic nitrogens is 3. The van der Waals surface area contributed by atoms with Crippen molar-refractivity contribution in [2.24, 2.45) is 5.92 Å². The van der Waals surface area contributed by atoms with Crippen LogP contribution < -0.4 is 0 Å². The first kappa shape index (κ1) is 15.3. The molecule has 0 atom stereocenters. The van der Waals surface area contributed by atoms with Crippen LogP contribution in [0.4, 0.5) is 0 Å². The summed E-state index contributed by atoms with van der Waals surface area (Å²) in [6, 6.07) is 7.28. The molecule has 5 nitrogen and oxygen atoms in total. The summed E-state index contributed by atoms with van der Waals surface area (Å²) in [5, 5.41) is 17.5. The van der Waals surface area contributed by atoms with Gasteiger partial charge in [-0.3, -0.25) is 0 Å². The number of rotatable bonds is 5. The molecule has 0 aliphatic heterocycles. The van der Waals surface area contributed by atoms with Gasteiger partial charge in [-0.25, -0.2) is 9.48 Å². The molecule has 1 aromatic carbocycles. The molecule has 2 aromatic rings. The van der Waals surface area contributed by atoms with Gasteiger partial charge in [0, 0.05) is 11.6 Å². The SMILES string of the molecule is CC(C)Cn1nnc(C(=O)O)c1/C=C/c1ccc(Cl)cc1. The zero-order chi connectivity index (χ0) is 15.4. The number of nitrogens with zero attached hydrogens (tertiary/aromatic N) is 3. The number of hydrogen-bond donors (Lipinski definition) is 1. The fourth-order valence-corrected chi connectivity index (χ4v) is 1.99. The second-order valence-corrected chi connectivity index (χ2v) is 5.53. The van der Waals surface area contributed by atoms with Crippen molar-refractivity contribution in [2.45, 2.75) is 20.4 Å². The van der Waals surface area contributed by atoms with Crippen molar-refractivity contribution in [3.63, 3.8) is 0 Å². The molecule has 1 N–H and O–H groups in total. The van der Waals surface area contributed by atoms with E-state index in [9.17, 15) is 9.90 Å². The van der Waals surface area contributed by atoms with Crippen molar-refractivity contribution in [2.75, 3.05) is 0 Å². The molecule has 1 aromatic heterocycles. The van der Waals surface area contributed by atoms with E-state index in [1.54, 1.807) is 22.9 Å². The van der Waals surface area contributed by atoms with Gasteiger partial charge in [0.2, 0.25) is 0 Å². The Bertz CT molecular complexity index is 660. The summed E-state index contributed by atoms with van der Waals surface area (Å²) in [6.07, 6.45) is 3.54. The normalized spacial score (nSPS) is 11.4. The molecule has 0 unspecified atom stereocenters. The average Bonchev–Trinajstić information content (AvgIpc) is 2.80. The van der Waals surface area contributed by atoms with Crippen LogP contribution in [0.25, 0.3) is 12.2 Å². The van der Waals surface area contributed by atoms with E-state index in [0.717, 1.165) is 5.56 Å². The van der Waals surface area contributed by atoms with E-state index in [-0.39, 0.29) is 5.69 Å². The molecule has 0 aliphatic rings. The van der Waals surface area contributed by atoms with Gasteiger partial charge in [-0.2, -0.15) is 0 Å². The highest BCUT2D eigenvalue weighted by Gasteiger charge is 2.17. The number of hydrogen-bond acceptors (Lipinski definition) is 3. The summed E-state index contributed by atoms with van der Waals surface area (Å²) < 4.78 is 1.61. The monoisotopic (exact) mass is 305 g/mol. The quantitative estimate of drug-likeness (QED) is 0.918. The van der Waals surface area contributed by atoms with Crippen molar-refractivity contribution in [1.29, 1.82) is 0 Å². The van der Waals surface area contributed by atoms with Crippen LogP contribution in [0.3, 0.4) is 0 Å². The van der Waals surface area contributed by atoms with Gasteiger partial charge < -0.3 is 5.11 Å². The molecule has 0 saturated heterocycles. The number of benzene rings is 1. The Morgan fingerprint density at radius 3 is 2.57 bits per heavy atom. The van der Waals surface area contributed by atoms with E-state index in [1.807, 2.05) is 32.1 Å². The molecule has 0 fully saturated rings. The Balaban J connectivity index is 2.34. The summed E-state index contributed by atoms with van der Waals surface area (Å²) in [5.41, 5.74) is 1.38. The molecule has 0 bridgehead atoms. The van der Waals surface area contributed by atoms with Crippen LogP contribution in [0.5, 0.6) is 0 Å². The fraction of sp³-hybridized carbons (Fsp3) is 0.267. The third kappa shape index (κ3) is 3.92. The van der Waals surface area contributed by atoms with E-state index in [4.69, 9.17) is 11.6 Å². The van der Waals surface area contributed by atoms with Gasteiger partial charge in [0.15, 0.2) is 5.69 Å². The minimum Gasteiger partial charge on any atom is -0.476 e. The molecule has 0 spiro atoms. The van der Waals surface area contributed by atoms with Crippen LogP contribution in [-0.2, 0) is 6.54 Å². The van der Waals surface area contributed by atoms with Crippen LogP contribution in [0.2, 0.25) is 5.02 Å². The predicted molar refractivity (Wildman–Crippen MR) is 82.2 cm³/mol. The zero-order valence-corrected chi connectivity index (χ0v) is 12.6. The summed E-state index contributed by atoms with van der Waals surface area (Å²) in [7, 11) is 0. The lowest BCUT2D eigenvalue weighted by Crippen LogP contribution is -2.09. The van der Waals surface area contributed by atoms with Gasteiger partial charge in [0.25, 0.3) is 0 Å². The van der Waals surface area contributed by atoms with Crippen molar-refractivity contribution in [1.82, 2.24) is 15.0 Å². The van der Waals surface area contributed by atoms with Gasteiger partial charge in [-0.05, 0) is 29.7 Å². The maximum Gasteiger partial charge on any atom is 0.358 e. The molecule has 21 heavy (non-hydrogen) atoms. The molecular formula is C15H16ClN3O2. The first-order valence-corrected chi connectivity index (χ1v) is 6.95. The molecule has 110 valence electrons. The largest absolute Gasteiger partial charge is 0.476 e. The molecule has 6 heteroatoms. The predicted octanol–water partition coefficient (Wildman–Crippen LogP) is 3.46. The minimum absolute atomic E-state index is 0.0409. The first-order valence-electron chi connectivity index (χ1n) is 6.58. The Labute approximate surface area is 127 Å². The number of carboxylic acid groups (broad SMARTS) is 1. The number of carboxylic acids is 1. The molecule has 0 radical (unpaired) electrons. The van der Waals surface area contributed by atoms with Crippen LogP contribution in [0.1, 0.15) is 35.6 Å². The van der Waals surface area contributed by atoms with Crippen molar-refractivity contribution >= 4 is 29.7 Å². The van der Waals surface area contributed by atoms with Crippen LogP contribution in [-0.4, -0.2) is 26.1 Å². The van der Waals surface area contributed by atoms with Crippen LogP contribution in [0, 0.1) is 5.92 Å². The van der Waals surface area contributed by atoms with Gasteiger partial charge in [0.05, 0.1) is 5.69 Å².